The van der Waals surface area contributed by atoms with Crippen LogP contribution in [-0.2, 0) is 6.42 Å². The zero-order valence-electron chi connectivity index (χ0n) is 7.97. The van der Waals surface area contributed by atoms with Crippen LogP contribution in [0.15, 0.2) is 41.2 Å². The molecule has 2 rings (SSSR count). The van der Waals surface area contributed by atoms with Gasteiger partial charge in [-0.15, -0.1) is 0 Å². The number of H-pyrrole nitrogens is 1. The monoisotopic (exact) mass is 202 g/mol. The zero-order chi connectivity index (χ0) is 10.7. The summed E-state index contributed by atoms with van der Waals surface area (Å²) in [5, 5.41) is 15.7. The van der Waals surface area contributed by atoms with Gasteiger partial charge in [0.05, 0.1) is 5.69 Å². The molecule has 0 spiro atoms. The maximum atomic E-state index is 10.8. The maximum absolute atomic E-state index is 10.8. The van der Waals surface area contributed by atoms with Crippen molar-refractivity contribution in [2.75, 3.05) is 0 Å². The van der Waals surface area contributed by atoms with Crippen LogP contribution in [0, 0.1) is 0 Å². The predicted molar refractivity (Wildman–Crippen MR) is 55.8 cm³/mol. The molecule has 4 heteroatoms. The largest absolute Gasteiger partial charge is 0.508 e. The summed E-state index contributed by atoms with van der Waals surface area (Å²) >= 11 is 0. The second kappa shape index (κ2) is 3.96. The highest BCUT2D eigenvalue weighted by Gasteiger charge is 2.02. The third-order valence-electron chi connectivity index (χ3n) is 2.10. The topological polar surface area (TPSA) is 66.0 Å². The van der Waals surface area contributed by atoms with Gasteiger partial charge in [-0.05, 0) is 17.7 Å². The number of hydrogen-bond donors (Lipinski definition) is 2. The fourth-order valence-corrected chi connectivity index (χ4v) is 1.33. The highest BCUT2D eigenvalue weighted by atomic mass is 16.3. The minimum absolute atomic E-state index is 0.226. The lowest BCUT2D eigenvalue weighted by molar-refractivity contribution is 0.469. The summed E-state index contributed by atoms with van der Waals surface area (Å²) in [4.78, 5) is 10.8. The smallest absolute Gasteiger partial charge is 0.264 e. The molecule has 76 valence electrons. The van der Waals surface area contributed by atoms with Crippen molar-refractivity contribution in [3.05, 3.63) is 58.0 Å². The Balaban J connectivity index is 2.26. The van der Waals surface area contributed by atoms with E-state index in [0.717, 1.165) is 11.3 Å². The van der Waals surface area contributed by atoms with Crippen molar-refractivity contribution in [1.29, 1.82) is 0 Å². The maximum Gasteiger partial charge on any atom is 0.264 e. The number of para-hydroxylation sites is 1. The highest BCUT2D eigenvalue weighted by Crippen LogP contribution is 2.17. The SMILES string of the molecule is O=c1ccc(Cc2ccccc2O)n[nH]1. The quantitative estimate of drug-likeness (QED) is 0.765. The van der Waals surface area contributed by atoms with Crippen molar-refractivity contribution in [2.24, 2.45) is 0 Å². The molecule has 1 aromatic carbocycles. The average Bonchev–Trinajstić information content (AvgIpc) is 2.25. The first-order valence-corrected chi connectivity index (χ1v) is 4.57. The van der Waals surface area contributed by atoms with Crippen LogP contribution in [0.5, 0.6) is 5.75 Å². The molecule has 0 saturated carbocycles. The molecule has 0 atom stereocenters. The molecule has 2 aromatic rings. The molecule has 0 bridgehead atoms. The molecule has 4 nitrogen and oxygen atoms in total. The Hall–Kier alpha value is -2.10. The minimum atomic E-state index is -0.226. The number of rotatable bonds is 2. The van der Waals surface area contributed by atoms with Gasteiger partial charge in [0.2, 0.25) is 0 Å². The summed E-state index contributed by atoms with van der Waals surface area (Å²) in [7, 11) is 0. The molecule has 1 heterocycles. The summed E-state index contributed by atoms with van der Waals surface area (Å²) < 4.78 is 0. The molecule has 0 unspecified atom stereocenters. The van der Waals surface area contributed by atoms with Crippen molar-refractivity contribution in [1.82, 2.24) is 10.2 Å². The van der Waals surface area contributed by atoms with E-state index in [1.54, 1.807) is 18.2 Å². The molecule has 2 N–H and O–H groups in total. The Morgan fingerprint density at radius 3 is 2.67 bits per heavy atom. The predicted octanol–water partition coefficient (Wildman–Crippen LogP) is 1.07. The number of phenols is 1. The van der Waals surface area contributed by atoms with E-state index in [1.165, 1.54) is 6.07 Å². The Morgan fingerprint density at radius 2 is 2.00 bits per heavy atom. The molecule has 0 amide bonds. The lowest BCUT2D eigenvalue weighted by Crippen LogP contribution is -2.07. The van der Waals surface area contributed by atoms with Crippen LogP contribution < -0.4 is 5.56 Å². The Labute approximate surface area is 86.2 Å². The van der Waals surface area contributed by atoms with Crippen LogP contribution >= 0.6 is 0 Å². The van der Waals surface area contributed by atoms with Gasteiger partial charge in [0, 0.05) is 12.5 Å². The first-order chi connectivity index (χ1) is 7.25. The Morgan fingerprint density at radius 1 is 1.20 bits per heavy atom. The standard InChI is InChI=1S/C11H10N2O2/c14-10-4-2-1-3-8(10)7-9-5-6-11(15)13-12-9/h1-6,14H,7H2,(H,13,15). The number of nitrogens with zero attached hydrogens (tertiary/aromatic N) is 1. The number of benzene rings is 1. The fraction of sp³-hybridized carbons (Fsp3) is 0.0909. The minimum Gasteiger partial charge on any atom is -0.508 e. The molecule has 1 aromatic heterocycles. The van der Waals surface area contributed by atoms with Gasteiger partial charge >= 0.3 is 0 Å². The number of aromatic nitrogens is 2. The van der Waals surface area contributed by atoms with Gasteiger partial charge in [-0.25, -0.2) is 5.10 Å². The van der Waals surface area contributed by atoms with Gasteiger partial charge in [0.15, 0.2) is 0 Å². The van der Waals surface area contributed by atoms with E-state index >= 15 is 0 Å². The zero-order valence-corrected chi connectivity index (χ0v) is 7.97. The van der Waals surface area contributed by atoms with Gasteiger partial charge in [-0.1, -0.05) is 18.2 Å². The molecule has 0 aliphatic rings. The molecule has 0 radical (unpaired) electrons. The Kier molecular flexibility index (Phi) is 2.49. The van der Waals surface area contributed by atoms with Crippen molar-refractivity contribution in [3.63, 3.8) is 0 Å². The van der Waals surface area contributed by atoms with E-state index in [-0.39, 0.29) is 11.3 Å². The first-order valence-electron chi connectivity index (χ1n) is 4.57. The normalized spacial score (nSPS) is 10.1. The lowest BCUT2D eigenvalue weighted by atomic mass is 10.1. The van der Waals surface area contributed by atoms with Crippen LogP contribution in [0.3, 0.4) is 0 Å². The third-order valence-corrected chi connectivity index (χ3v) is 2.10. The third kappa shape index (κ3) is 2.22. The molecular weight excluding hydrogens is 192 g/mol. The van der Waals surface area contributed by atoms with Crippen LogP contribution in [-0.4, -0.2) is 15.3 Å². The van der Waals surface area contributed by atoms with Crippen molar-refractivity contribution in [3.8, 4) is 5.75 Å². The van der Waals surface area contributed by atoms with E-state index in [9.17, 15) is 9.90 Å². The van der Waals surface area contributed by atoms with Crippen molar-refractivity contribution >= 4 is 0 Å². The molecule has 0 saturated heterocycles. The summed E-state index contributed by atoms with van der Waals surface area (Å²) in [6.07, 6.45) is 0.503. The second-order valence-corrected chi connectivity index (χ2v) is 3.22. The van der Waals surface area contributed by atoms with E-state index in [2.05, 4.69) is 10.2 Å². The van der Waals surface area contributed by atoms with E-state index < -0.39 is 0 Å². The Bertz CT molecular complexity index is 499. The molecule has 0 aliphatic heterocycles. The average molecular weight is 202 g/mol. The van der Waals surface area contributed by atoms with Crippen LogP contribution in [0.1, 0.15) is 11.3 Å². The van der Waals surface area contributed by atoms with Gasteiger partial charge in [0.1, 0.15) is 5.75 Å². The van der Waals surface area contributed by atoms with Crippen molar-refractivity contribution in [2.45, 2.75) is 6.42 Å². The molecule has 0 fully saturated rings. The van der Waals surface area contributed by atoms with E-state index in [4.69, 9.17) is 0 Å². The fourth-order valence-electron chi connectivity index (χ4n) is 1.33. The number of aromatic amines is 1. The summed E-state index contributed by atoms with van der Waals surface area (Å²) in [5.41, 5.74) is 1.28. The van der Waals surface area contributed by atoms with Crippen LogP contribution in [0.4, 0.5) is 0 Å². The number of hydrogen-bond acceptors (Lipinski definition) is 3. The van der Waals surface area contributed by atoms with Crippen molar-refractivity contribution < 1.29 is 5.11 Å². The number of phenolic OH excluding ortho intramolecular Hbond substituents is 1. The van der Waals surface area contributed by atoms with Gasteiger partial charge in [-0.2, -0.15) is 5.10 Å². The molecular formula is C11H10N2O2. The van der Waals surface area contributed by atoms with Crippen LogP contribution in [0.2, 0.25) is 0 Å². The van der Waals surface area contributed by atoms with Crippen LogP contribution in [0.25, 0.3) is 0 Å². The number of nitrogens with one attached hydrogen (secondary N) is 1. The van der Waals surface area contributed by atoms with E-state index in [1.807, 2.05) is 12.1 Å². The highest BCUT2D eigenvalue weighted by molar-refractivity contribution is 5.34. The molecule has 15 heavy (non-hydrogen) atoms. The van der Waals surface area contributed by atoms with Gasteiger partial charge in [0.25, 0.3) is 5.56 Å². The molecule has 0 aliphatic carbocycles. The second-order valence-electron chi connectivity index (χ2n) is 3.22. The van der Waals surface area contributed by atoms with Gasteiger partial charge in [-0.3, -0.25) is 4.79 Å². The van der Waals surface area contributed by atoms with Gasteiger partial charge < -0.3 is 5.11 Å². The van der Waals surface area contributed by atoms with E-state index in [0.29, 0.717) is 6.42 Å². The summed E-state index contributed by atoms with van der Waals surface area (Å²) in [5.74, 6) is 0.241. The lowest BCUT2D eigenvalue weighted by Gasteiger charge is -2.02. The summed E-state index contributed by atoms with van der Waals surface area (Å²) in [6.45, 7) is 0. The number of aromatic hydroxyl groups is 1. The summed E-state index contributed by atoms with van der Waals surface area (Å²) in [6, 6.07) is 10.1. The first kappa shape index (κ1) is 9.45.